The molecule has 18 heavy (non-hydrogen) atoms. The molecule has 1 N–H and O–H groups in total. The summed E-state index contributed by atoms with van der Waals surface area (Å²) >= 11 is 0. The molecule has 0 aromatic carbocycles. The molecule has 1 atom stereocenters. The maximum absolute atomic E-state index is 3.67. The Morgan fingerprint density at radius 2 is 1.67 bits per heavy atom. The molecule has 0 radical (unpaired) electrons. The van der Waals surface area contributed by atoms with E-state index in [4.69, 9.17) is 0 Å². The number of hydrogen-bond acceptors (Lipinski definition) is 2. The standard InChI is InChI=1S/C16H34N2/c1-5-11-17-15(6-2)14-18-12-9-16(7-3,8-4)10-13-18/h15,17H,5-14H2,1-4H3. The summed E-state index contributed by atoms with van der Waals surface area (Å²) in [6.45, 7) is 14.3. The van der Waals surface area contributed by atoms with Crippen molar-refractivity contribution in [3.63, 3.8) is 0 Å². The molecule has 1 unspecified atom stereocenters. The van der Waals surface area contributed by atoms with E-state index in [1.165, 1.54) is 64.7 Å². The van der Waals surface area contributed by atoms with Crippen molar-refractivity contribution in [3.05, 3.63) is 0 Å². The highest BCUT2D eigenvalue weighted by Gasteiger charge is 2.31. The molecule has 0 amide bonds. The van der Waals surface area contributed by atoms with Crippen LogP contribution in [0.15, 0.2) is 0 Å². The predicted octanol–water partition coefficient (Wildman–Crippen LogP) is 3.67. The molecule has 1 aliphatic rings. The number of likely N-dealkylation sites (tertiary alicyclic amines) is 1. The second kappa shape index (κ2) is 8.16. The first-order valence-corrected chi connectivity index (χ1v) is 8.15. The molecule has 0 aromatic rings. The van der Waals surface area contributed by atoms with Gasteiger partial charge in [-0.25, -0.2) is 0 Å². The number of piperidine rings is 1. The molecule has 0 aliphatic carbocycles. The van der Waals surface area contributed by atoms with E-state index >= 15 is 0 Å². The van der Waals surface area contributed by atoms with Gasteiger partial charge in [0.05, 0.1) is 0 Å². The summed E-state index contributed by atoms with van der Waals surface area (Å²) in [5.74, 6) is 0. The van der Waals surface area contributed by atoms with Gasteiger partial charge in [0, 0.05) is 12.6 Å². The zero-order chi connectivity index (χ0) is 13.4. The second-order valence-corrected chi connectivity index (χ2v) is 6.07. The van der Waals surface area contributed by atoms with E-state index in [-0.39, 0.29) is 0 Å². The number of nitrogens with one attached hydrogen (secondary N) is 1. The van der Waals surface area contributed by atoms with E-state index in [0.717, 1.165) is 0 Å². The predicted molar refractivity (Wildman–Crippen MR) is 81.1 cm³/mol. The van der Waals surface area contributed by atoms with Gasteiger partial charge in [-0.05, 0) is 50.7 Å². The number of nitrogens with zero attached hydrogens (tertiary/aromatic N) is 1. The summed E-state index contributed by atoms with van der Waals surface area (Å²) in [6.07, 6.45) is 8.04. The van der Waals surface area contributed by atoms with Crippen LogP contribution in [0, 0.1) is 5.41 Å². The van der Waals surface area contributed by atoms with Crippen molar-refractivity contribution in [2.24, 2.45) is 5.41 Å². The topological polar surface area (TPSA) is 15.3 Å². The third kappa shape index (κ3) is 4.55. The van der Waals surface area contributed by atoms with Crippen molar-refractivity contribution in [1.82, 2.24) is 10.2 Å². The highest BCUT2D eigenvalue weighted by Crippen LogP contribution is 2.37. The monoisotopic (exact) mass is 254 g/mol. The summed E-state index contributed by atoms with van der Waals surface area (Å²) in [5, 5.41) is 3.67. The third-order valence-corrected chi connectivity index (χ3v) is 5.07. The fourth-order valence-corrected chi connectivity index (χ4v) is 3.17. The fraction of sp³-hybridized carbons (Fsp3) is 1.00. The molecule has 1 heterocycles. The zero-order valence-electron chi connectivity index (χ0n) is 13.1. The Labute approximate surface area is 115 Å². The summed E-state index contributed by atoms with van der Waals surface area (Å²) in [5.41, 5.74) is 0.662. The molecule has 2 heteroatoms. The first-order valence-electron chi connectivity index (χ1n) is 8.15. The first kappa shape index (κ1) is 16.0. The van der Waals surface area contributed by atoms with Crippen LogP contribution < -0.4 is 5.32 Å². The number of rotatable bonds is 8. The lowest BCUT2D eigenvalue weighted by Gasteiger charge is -2.42. The van der Waals surface area contributed by atoms with Gasteiger partial charge in [-0.1, -0.05) is 40.5 Å². The Morgan fingerprint density at radius 3 is 2.11 bits per heavy atom. The number of hydrogen-bond donors (Lipinski definition) is 1. The minimum absolute atomic E-state index is 0.662. The lowest BCUT2D eigenvalue weighted by Crippen LogP contribution is -2.46. The van der Waals surface area contributed by atoms with Gasteiger partial charge >= 0.3 is 0 Å². The average Bonchev–Trinajstić information content (AvgIpc) is 2.44. The SMILES string of the molecule is CCCNC(CC)CN1CCC(CC)(CC)CC1. The summed E-state index contributed by atoms with van der Waals surface area (Å²) < 4.78 is 0. The lowest BCUT2D eigenvalue weighted by atomic mass is 9.74. The largest absolute Gasteiger partial charge is 0.313 e. The smallest absolute Gasteiger partial charge is 0.0192 e. The minimum Gasteiger partial charge on any atom is -0.313 e. The van der Waals surface area contributed by atoms with Crippen LogP contribution in [0.25, 0.3) is 0 Å². The van der Waals surface area contributed by atoms with E-state index in [2.05, 4.69) is 37.9 Å². The molecule has 0 aromatic heterocycles. The minimum atomic E-state index is 0.662. The van der Waals surface area contributed by atoms with E-state index in [1.54, 1.807) is 0 Å². The Bertz CT molecular complexity index is 201. The van der Waals surface area contributed by atoms with Crippen LogP contribution in [0.2, 0.25) is 0 Å². The molecular weight excluding hydrogens is 220 g/mol. The molecular formula is C16H34N2. The molecule has 1 saturated heterocycles. The molecule has 1 fully saturated rings. The molecule has 0 spiro atoms. The van der Waals surface area contributed by atoms with E-state index in [1.807, 2.05) is 0 Å². The second-order valence-electron chi connectivity index (χ2n) is 6.07. The summed E-state index contributed by atoms with van der Waals surface area (Å²) in [6, 6.07) is 0.695. The van der Waals surface area contributed by atoms with Crippen LogP contribution in [0.5, 0.6) is 0 Å². The van der Waals surface area contributed by atoms with Crippen LogP contribution in [-0.2, 0) is 0 Å². The van der Waals surface area contributed by atoms with Gasteiger partial charge < -0.3 is 10.2 Å². The van der Waals surface area contributed by atoms with Crippen molar-refractivity contribution in [1.29, 1.82) is 0 Å². The third-order valence-electron chi connectivity index (χ3n) is 5.07. The van der Waals surface area contributed by atoms with Crippen LogP contribution in [0.4, 0.5) is 0 Å². The van der Waals surface area contributed by atoms with Gasteiger partial charge in [-0.15, -0.1) is 0 Å². The summed E-state index contributed by atoms with van der Waals surface area (Å²) in [7, 11) is 0. The molecule has 0 saturated carbocycles. The van der Waals surface area contributed by atoms with Crippen LogP contribution >= 0.6 is 0 Å². The Morgan fingerprint density at radius 1 is 1.06 bits per heavy atom. The molecule has 108 valence electrons. The van der Waals surface area contributed by atoms with Gasteiger partial charge in [-0.2, -0.15) is 0 Å². The molecule has 0 bridgehead atoms. The van der Waals surface area contributed by atoms with E-state index in [0.29, 0.717) is 11.5 Å². The average molecular weight is 254 g/mol. The Balaban J connectivity index is 2.33. The quantitative estimate of drug-likeness (QED) is 0.711. The maximum Gasteiger partial charge on any atom is 0.0192 e. The Hall–Kier alpha value is -0.0800. The van der Waals surface area contributed by atoms with Crippen LogP contribution in [-0.4, -0.2) is 37.1 Å². The molecule has 2 nitrogen and oxygen atoms in total. The normalized spacial score (nSPS) is 22.0. The van der Waals surface area contributed by atoms with E-state index in [9.17, 15) is 0 Å². The van der Waals surface area contributed by atoms with Crippen molar-refractivity contribution >= 4 is 0 Å². The lowest BCUT2D eigenvalue weighted by molar-refractivity contribution is 0.0881. The molecule has 1 rings (SSSR count). The zero-order valence-corrected chi connectivity index (χ0v) is 13.1. The molecule has 1 aliphatic heterocycles. The van der Waals surface area contributed by atoms with Crippen molar-refractivity contribution in [2.45, 2.75) is 72.3 Å². The highest BCUT2D eigenvalue weighted by molar-refractivity contribution is 4.85. The van der Waals surface area contributed by atoms with E-state index < -0.39 is 0 Å². The van der Waals surface area contributed by atoms with Crippen molar-refractivity contribution in [2.75, 3.05) is 26.2 Å². The van der Waals surface area contributed by atoms with Gasteiger partial charge in [0.1, 0.15) is 0 Å². The first-order chi connectivity index (χ1) is 8.69. The van der Waals surface area contributed by atoms with Crippen molar-refractivity contribution < 1.29 is 0 Å². The van der Waals surface area contributed by atoms with Gasteiger partial charge in [0.25, 0.3) is 0 Å². The van der Waals surface area contributed by atoms with Crippen LogP contribution in [0.3, 0.4) is 0 Å². The maximum atomic E-state index is 3.67. The van der Waals surface area contributed by atoms with Gasteiger partial charge in [-0.3, -0.25) is 0 Å². The van der Waals surface area contributed by atoms with Crippen molar-refractivity contribution in [3.8, 4) is 0 Å². The van der Waals surface area contributed by atoms with Gasteiger partial charge in [0.15, 0.2) is 0 Å². The fourth-order valence-electron chi connectivity index (χ4n) is 3.17. The van der Waals surface area contributed by atoms with Gasteiger partial charge in [0.2, 0.25) is 0 Å². The highest BCUT2D eigenvalue weighted by atomic mass is 15.2. The Kier molecular flexibility index (Phi) is 7.25. The summed E-state index contributed by atoms with van der Waals surface area (Å²) in [4.78, 5) is 2.68. The van der Waals surface area contributed by atoms with Crippen LogP contribution in [0.1, 0.15) is 66.2 Å².